The van der Waals surface area contributed by atoms with E-state index in [1.54, 1.807) is 4.90 Å². The van der Waals surface area contributed by atoms with E-state index in [9.17, 15) is 4.79 Å². The molecule has 1 fully saturated rings. The zero-order valence-corrected chi connectivity index (χ0v) is 14.2. The molecule has 122 valence electrons. The number of pyridine rings is 1. The molecule has 1 atom stereocenters. The Balaban J connectivity index is 1.69. The first-order valence-electron chi connectivity index (χ1n) is 8.17. The number of amides is 1. The van der Waals surface area contributed by atoms with Crippen molar-refractivity contribution in [2.45, 2.75) is 39.2 Å². The molecule has 23 heavy (non-hydrogen) atoms. The Morgan fingerprint density at radius 3 is 2.65 bits per heavy atom. The summed E-state index contributed by atoms with van der Waals surface area (Å²) in [6.45, 7) is 9.41. The lowest BCUT2D eigenvalue weighted by atomic mass is 9.81. The average molecular weight is 312 g/mol. The highest BCUT2D eigenvalue weighted by atomic mass is 16.6. The molecule has 1 aliphatic rings. The van der Waals surface area contributed by atoms with Crippen molar-refractivity contribution in [2.75, 3.05) is 13.1 Å². The van der Waals surface area contributed by atoms with Crippen LogP contribution in [-0.2, 0) is 4.74 Å². The highest BCUT2D eigenvalue weighted by Gasteiger charge is 2.37. The minimum absolute atomic E-state index is 0.211. The predicted molar refractivity (Wildman–Crippen MR) is 91.5 cm³/mol. The van der Waals surface area contributed by atoms with Gasteiger partial charge in [-0.05, 0) is 38.3 Å². The molecule has 1 amide bonds. The van der Waals surface area contributed by atoms with Crippen LogP contribution >= 0.6 is 0 Å². The zero-order chi connectivity index (χ0) is 16.6. The van der Waals surface area contributed by atoms with Crippen LogP contribution in [0.2, 0.25) is 0 Å². The summed E-state index contributed by atoms with van der Waals surface area (Å²) in [4.78, 5) is 18.4. The average Bonchev–Trinajstić information content (AvgIpc) is 2.43. The van der Waals surface area contributed by atoms with Crippen molar-refractivity contribution in [3.8, 4) is 0 Å². The summed E-state index contributed by atoms with van der Waals surface area (Å²) in [5.74, 6) is 0.822. The van der Waals surface area contributed by atoms with E-state index in [4.69, 9.17) is 4.74 Å². The van der Waals surface area contributed by atoms with Crippen molar-refractivity contribution in [3.63, 3.8) is 0 Å². The molecule has 1 unspecified atom stereocenters. The third kappa shape index (κ3) is 3.31. The van der Waals surface area contributed by atoms with Gasteiger partial charge in [0.2, 0.25) is 0 Å². The van der Waals surface area contributed by atoms with Crippen LogP contribution in [0.1, 0.15) is 39.2 Å². The molecule has 2 heterocycles. The number of carbonyl (C=O) groups is 1. The van der Waals surface area contributed by atoms with Crippen LogP contribution in [0.5, 0.6) is 0 Å². The molecular weight excluding hydrogens is 288 g/mol. The van der Waals surface area contributed by atoms with Gasteiger partial charge in [0.25, 0.3) is 0 Å². The number of nitrogens with zero attached hydrogens (tertiary/aromatic N) is 2. The van der Waals surface area contributed by atoms with Crippen molar-refractivity contribution < 1.29 is 9.53 Å². The SMILES string of the molecule is CC(c1cccc2cccnc12)C1CN(C(=O)OC(C)(C)C)C1. The lowest BCUT2D eigenvalue weighted by Gasteiger charge is -2.42. The molecule has 0 radical (unpaired) electrons. The van der Waals surface area contributed by atoms with E-state index in [0.717, 1.165) is 18.6 Å². The van der Waals surface area contributed by atoms with E-state index in [2.05, 4.69) is 36.2 Å². The van der Waals surface area contributed by atoms with Gasteiger partial charge < -0.3 is 9.64 Å². The first-order chi connectivity index (χ1) is 10.8. The van der Waals surface area contributed by atoms with E-state index in [-0.39, 0.29) is 6.09 Å². The number of ether oxygens (including phenoxy) is 1. The highest BCUT2D eigenvalue weighted by molar-refractivity contribution is 5.82. The minimum Gasteiger partial charge on any atom is -0.444 e. The summed E-state index contributed by atoms with van der Waals surface area (Å²) >= 11 is 0. The molecule has 0 aliphatic carbocycles. The number of carbonyl (C=O) groups excluding carboxylic acids is 1. The summed E-state index contributed by atoms with van der Waals surface area (Å²) in [5, 5.41) is 1.17. The second-order valence-electron chi connectivity index (χ2n) is 7.36. The number of para-hydroxylation sites is 1. The molecule has 4 nitrogen and oxygen atoms in total. The zero-order valence-electron chi connectivity index (χ0n) is 14.2. The Morgan fingerprint density at radius 1 is 1.26 bits per heavy atom. The van der Waals surface area contributed by atoms with Gasteiger partial charge in [-0.25, -0.2) is 4.79 Å². The van der Waals surface area contributed by atoms with E-state index >= 15 is 0 Å². The fourth-order valence-electron chi connectivity index (χ4n) is 3.05. The van der Waals surface area contributed by atoms with Gasteiger partial charge in [-0.3, -0.25) is 4.98 Å². The standard InChI is InChI=1S/C19H24N2O2/c1-13(15-11-21(12-15)18(22)23-19(2,3)4)16-9-5-7-14-8-6-10-20-17(14)16/h5-10,13,15H,11-12H2,1-4H3. The Kier molecular flexibility index (Phi) is 4.00. The van der Waals surface area contributed by atoms with Crippen molar-refractivity contribution in [1.29, 1.82) is 0 Å². The Labute approximate surface area is 137 Å². The quantitative estimate of drug-likeness (QED) is 0.834. The minimum atomic E-state index is -0.437. The summed E-state index contributed by atoms with van der Waals surface area (Å²) < 4.78 is 5.42. The van der Waals surface area contributed by atoms with Crippen LogP contribution in [0, 0.1) is 5.92 Å². The summed E-state index contributed by atoms with van der Waals surface area (Å²) in [5.41, 5.74) is 1.89. The lowest BCUT2D eigenvalue weighted by molar-refractivity contribution is -0.00411. The summed E-state index contributed by atoms with van der Waals surface area (Å²) in [6, 6.07) is 10.4. The molecule has 1 aromatic heterocycles. The number of hydrogen-bond acceptors (Lipinski definition) is 3. The van der Waals surface area contributed by atoms with Crippen molar-refractivity contribution in [2.24, 2.45) is 5.92 Å². The van der Waals surface area contributed by atoms with Gasteiger partial charge in [0.1, 0.15) is 5.60 Å². The number of likely N-dealkylation sites (tertiary alicyclic amines) is 1. The van der Waals surface area contributed by atoms with Crippen molar-refractivity contribution >= 4 is 17.0 Å². The molecule has 3 rings (SSSR count). The summed E-state index contributed by atoms with van der Waals surface area (Å²) in [6.07, 6.45) is 1.63. The van der Waals surface area contributed by atoms with E-state index in [1.807, 2.05) is 33.0 Å². The maximum Gasteiger partial charge on any atom is 0.410 e. The van der Waals surface area contributed by atoms with Crippen LogP contribution in [0.4, 0.5) is 4.79 Å². The first kappa shape index (κ1) is 15.8. The molecule has 0 bridgehead atoms. The van der Waals surface area contributed by atoms with Crippen LogP contribution in [-0.4, -0.2) is 34.7 Å². The van der Waals surface area contributed by atoms with E-state index < -0.39 is 5.60 Å². The molecule has 2 aromatic rings. The summed E-state index contributed by atoms with van der Waals surface area (Å²) in [7, 11) is 0. The predicted octanol–water partition coefficient (Wildman–Crippen LogP) is 4.21. The largest absolute Gasteiger partial charge is 0.444 e. The second-order valence-corrected chi connectivity index (χ2v) is 7.36. The Hall–Kier alpha value is -2.10. The molecule has 1 aliphatic heterocycles. The lowest BCUT2D eigenvalue weighted by Crippen LogP contribution is -2.53. The normalized spacial score (nSPS) is 17.0. The van der Waals surface area contributed by atoms with Crippen LogP contribution in [0.25, 0.3) is 10.9 Å². The van der Waals surface area contributed by atoms with Crippen LogP contribution in [0.3, 0.4) is 0 Å². The highest BCUT2D eigenvalue weighted by Crippen LogP contribution is 2.35. The fraction of sp³-hybridized carbons (Fsp3) is 0.474. The van der Waals surface area contributed by atoms with Gasteiger partial charge >= 0.3 is 6.09 Å². The topological polar surface area (TPSA) is 42.4 Å². The van der Waals surface area contributed by atoms with Gasteiger partial charge in [-0.15, -0.1) is 0 Å². The molecule has 1 aromatic carbocycles. The fourth-order valence-corrected chi connectivity index (χ4v) is 3.05. The van der Waals surface area contributed by atoms with Crippen LogP contribution < -0.4 is 0 Å². The molecule has 0 N–H and O–H groups in total. The van der Waals surface area contributed by atoms with Crippen molar-refractivity contribution in [1.82, 2.24) is 9.88 Å². The monoisotopic (exact) mass is 312 g/mol. The number of rotatable bonds is 2. The van der Waals surface area contributed by atoms with Gasteiger partial charge in [-0.1, -0.05) is 31.2 Å². The number of hydrogen-bond donors (Lipinski definition) is 0. The Bertz CT molecular complexity index is 709. The van der Waals surface area contributed by atoms with Gasteiger partial charge in [0.05, 0.1) is 5.52 Å². The maximum absolute atomic E-state index is 12.0. The smallest absolute Gasteiger partial charge is 0.410 e. The van der Waals surface area contributed by atoms with E-state index in [0.29, 0.717) is 11.8 Å². The first-order valence-corrected chi connectivity index (χ1v) is 8.17. The molecular formula is C19H24N2O2. The van der Waals surface area contributed by atoms with E-state index in [1.165, 1.54) is 10.9 Å². The van der Waals surface area contributed by atoms with Gasteiger partial charge in [0, 0.05) is 30.6 Å². The molecule has 1 saturated heterocycles. The third-order valence-electron chi connectivity index (χ3n) is 4.42. The number of fused-ring (bicyclic) bond motifs is 1. The van der Waals surface area contributed by atoms with Gasteiger partial charge in [0.15, 0.2) is 0 Å². The number of benzene rings is 1. The molecule has 0 spiro atoms. The maximum atomic E-state index is 12.0. The molecule has 0 saturated carbocycles. The van der Waals surface area contributed by atoms with Crippen LogP contribution in [0.15, 0.2) is 36.5 Å². The number of aromatic nitrogens is 1. The molecule has 4 heteroatoms. The Morgan fingerprint density at radius 2 is 1.96 bits per heavy atom. The van der Waals surface area contributed by atoms with Crippen molar-refractivity contribution in [3.05, 3.63) is 42.1 Å². The van der Waals surface area contributed by atoms with Gasteiger partial charge in [-0.2, -0.15) is 0 Å². The third-order valence-corrected chi connectivity index (χ3v) is 4.42. The second kappa shape index (κ2) is 5.84.